The van der Waals surface area contributed by atoms with E-state index < -0.39 is 15.6 Å². The number of sulfone groups is 1. The second-order valence-corrected chi connectivity index (χ2v) is 9.80. The fraction of sp³-hybridized carbons (Fsp3) is 0.765. The van der Waals surface area contributed by atoms with Crippen molar-refractivity contribution in [1.29, 1.82) is 0 Å². The van der Waals surface area contributed by atoms with E-state index in [4.69, 9.17) is 9.47 Å². The molecule has 0 bridgehead atoms. The summed E-state index contributed by atoms with van der Waals surface area (Å²) >= 11 is 0. The molecule has 2 aliphatic heterocycles. The molecule has 1 N–H and O–H groups in total. The summed E-state index contributed by atoms with van der Waals surface area (Å²) in [5, 5.41) is 7.33. The van der Waals surface area contributed by atoms with Crippen LogP contribution in [0.3, 0.4) is 0 Å². The summed E-state index contributed by atoms with van der Waals surface area (Å²) in [5.41, 5.74) is 1.35. The van der Waals surface area contributed by atoms with Crippen molar-refractivity contribution in [3.05, 3.63) is 17.5 Å². The molecule has 144 valence electrons. The van der Waals surface area contributed by atoms with Crippen molar-refractivity contribution in [3.63, 3.8) is 0 Å². The van der Waals surface area contributed by atoms with Gasteiger partial charge in [0.2, 0.25) is 0 Å². The molecule has 9 heteroatoms. The number of rotatable bonds is 6. The minimum atomic E-state index is -3.00. The number of ether oxygens (including phenoxy) is 2. The summed E-state index contributed by atoms with van der Waals surface area (Å²) in [7, 11) is -3.00. The molecule has 1 aromatic rings. The zero-order valence-corrected chi connectivity index (χ0v) is 15.8. The number of carbonyl (C=O) groups excluding carboxylic acids is 1. The van der Waals surface area contributed by atoms with Crippen LogP contribution < -0.4 is 5.32 Å². The molecular formula is C17H25N3O5S. The fourth-order valence-electron chi connectivity index (χ4n) is 3.66. The highest BCUT2D eigenvalue weighted by molar-refractivity contribution is 7.91. The lowest BCUT2D eigenvalue weighted by Crippen LogP contribution is -2.33. The van der Waals surface area contributed by atoms with E-state index in [0.29, 0.717) is 44.2 Å². The molecule has 3 heterocycles. The Morgan fingerprint density at radius 1 is 1.35 bits per heavy atom. The highest BCUT2D eigenvalue weighted by Crippen LogP contribution is 2.42. The molecule has 0 radical (unpaired) electrons. The van der Waals surface area contributed by atoms with Gasteiger partial charge in [-0.1, -0.05) is 0 Å². The predicted octanol–water partition coefficient (Wildman–Crippen LogP) is 1.00. The van der Waals surface area contributed by atoms with Crippen LogP contribution in [0.15, 0.2) is 6.07 Å². The van der Waals surface area contributed by atoms with Gasteiger partial charge in [-0.2, -0.15) is 5.10 Å². The summed E-state index contributed by atoms with van der Waals surface area (Å²) in [6.45, 7) is 3.44. The molecule has 1 unspecified atom stereocenters. The zero-order valence-electron chi connectivity index (χ0n) is 14.9. The Morgan fingerprint density at radius 3 is 2.69 bits per heavy atom. The van der Waals surface area contributed by atoms with Crippen molar-refractivity contribution in [2.75, 3.05) is 31.3 Å². The third-order valence-electron chi connectivity index (χ3n) is 5.31. The SMILES string of the molecule is CC1(CCNC(=O)c2cc(C3CC3)n(C3CCS(=O)(=O)C3)n2)OCCO1. The van der Waals surface area contributed by atoms with Gasteiger partial charge in [0.05, 0.1) is 30.8 Å². The molecule has 26 heavy (non-hydrogen) atoms. The molecule has 8 nitrogen and oxygen atoms in total. The number of carbonyl (C=O) groups is 1. The highest BCUT2D eigenvalue weighted by atomic mass is 32.2. The third kappa shape index (κ3) is 3.79. The largest absolute Gasteiger partial charge is 0.350 e. The maximum Gasteiger partial charge on any atom is 0.271 e. The Labute approximate surface area is 153 Å². The van der Waals surface area contributed by atoms with Crippen LogP contribution in [0.1, 0.15) is 60.7 Å². The average Bonchev–Trinajstić information content (AvgIpc) is 3.01. The summed E-state index contributed by atoms with van der Waals surface area (Å²) in [6.07, 6.45) is 3.27. The first-order chi connectivity index (χ1) is 12.4. The van der Waals surface area contributed by atoms with Gasteiger partial charge in [0.25, 0.3) is 5.91 Å². The first-order valence-electron chi connectivity index (χ1n) is 9.21. The van der Waals surface area contributed by atoms with Crippen LogP contribution in [-0.4, -0.2) is 61.2 Å². The Hall–Kier alpha value is -1.45. The van der Waals surface area contributed by atoms with E-state index in [1.165, 1.54) is 0 Å². The molecule has 1 saturated carbocycles. The summed E-state index contributed by atoms with van der Waals surface area (Å²) in [5.74, 6) is -0.173. The standard InChI is InChI=1S/C17H25N3O5S/c1-17(24-7-8-25-17)5-6-18-16(21)14-10-15(12-2-3-12)20(19-14)13-4-9-26(22,23)11-13/h10,12-13H,2-9,11H2,1H3,(H,18,21). The van der Waals surface area contributed by atoms with Crippen molar-refractivity contribution < 1.29 is 22.7 Å². The van der Waals surface area contributed by atoms with E-state index in [1.807, 2.05) is 13.0 Å². The smallest absolute Gasteiger partial charge is 0.271 e. The van der Waals surface area contributed by atoms with Gasteiger partial charge in [0.1, 0.15) is 5.69 Å². The van der Waals surface area contributed by atoms with Crippen molar-refractivity contribution in [3.8, 4) is 0 Å². The lowest BCUT2D eigenvalue weighted by Gasteiger charge is -2.21. The Bertz CT molecular complexity index is 793. The molecule has 0 spiro atoms. The van der Waals surface area contributed by atoms with Crippen LogP contribution in [0, 0.1) is 0 Å². The topological polar surface area (TPSA) is 99.5 Å². The fourth-order valence-corrected chi connectivity index (χ4v) is 5.35. The quantitative estimate of drug-likeness (QED) is 0.787. The molecule has 1 aromatic heterocycles. The number of hydrogen-bond donors (Lipinski definition) is 1. The van der Waals surface area contributed by atoms with E-state index in [1.54, 1.807) is 4.68 Å². The molecule has 3 aliphatic rings. The molecule has 1 aliphatic carbocycles. The second kappa shape index (κ2) is 6.61. The monoisotopic (exact) mass is 383 g/mol. The van der Waals surface area contributed by atoms with Crippen LogP contribution in [0.25, 0.3) is 0 Å². The van der Waals surface area contributed by atoms with Crippen molar-refractivity contribution in [1.82, 2.24) is 15.1 Å². The van der Waals surface area contributed by atoms with Crippen LogP contribution >= 0.6 is 0 Å². The molecular weight excluding hydrogens is 358 g/mol. The van der Waals surface area contributed by atoms with Gasteiger partial charge >= 0.3 is 0 Å². The van der Waals surface area contributed by atoms with Gasteiger partial charge in [-0.15, -0.1) is 0 Å². The van der Waals surface area contributed by atoms with E-state index in [0.717, 1.165) is 18.5 Å². The summed E-state index contributed by atoms with van der Waals surface area (Å²) in [4.78, 5) is 12.5. The van der Waals surface area contributed by atoms with Crippen molar-refractivity contribution >= 4 is 15.7 Å². The van der Waals surface area contributed by atoms with E-state index in [-0.39, 0.29) is 23.5 Å². The Kier molecular flexibility index (Phi) is 4.56. The molecule has 2 saturated heterocycles. The first kappa shape index (κ1) is 17.9. The Balaban J connectivity index is 1.43. The maximum atomic E-state index is 12.5. The van der Waals surface area contributed by atoms with Gasteiger partial charge in [0.15, 0.2) is 15.6 Å². The predicted molar refractivity (Wildman–Crippen MR) is 93.8 cm³/mol. The lowest BCUT2D eigenvalue weighted by atomic mass is 10.2. The second-order valence-electron chi connectivity index (χ2n) is 7.57. The number of hydrogen-bond acceptors (Lipinski definition) is 6. The number of amides is 1. The van der Waals surface area contributed by atoms with Crippen LogP contribution in [-0.2, 0) is 19.3 Å². The molecule has 1 amide bonds. The normalized spacial score (nSPS) is 26.9. The minimum absolute atomic E-state index is 0.114. The van der Waals surface area contributed by atoms with E-state index in [9.17, 15) is 13.2 Å². The highest BCUT2D eigenvalue weighted by Gasteiger charge is 2.36. The van der Waals surface area contributed by atoms with Gasteiger partial charge in [-0.3, -0.25) is 9.48 Å². The summed E-state index contributed by atoms with van der Waals surface area (Å²) < 4.78 is 36.5. The van der Waals surface area contributed by atoms with Crippen molar-refractivity contribution in [2.24, 2.45) is 0 Å². The maximum absolute atomic E-state index is 12.5. The number of nitrogens with zero attached hydrogens (tertiary/aromatic N) is 2. The van der Waals surface area contributed by atoms with Gasteiger partial charge in [0, 0.05) is 24.6 Å². The van der Waals surface area contributed by atoms with Crippen molar-refractivity contribution in [2.45, 2.75) is 50.4 Å². The molecule has 1 atom stereocenters. The average molecular weight is 383 g/mol. The van der Waals surface area contributed by atoms with E-state index >= 15 is 0 Å². The van der Waals surface area contributed by atoms with Gasteiger partial charge in [-0.05, 0) is 32.3 Å². The van der Waals surface area contributed by atoms with Gasteiger partial charge < -0.3 is 14.8 Å². The van der Waals surface area contributed by atoms with Gasteiger partial charge in [-0.25, -0.2) is 8.42 Å². The number of aromatic nitrogens is 2. The third-order valence-corrected chi connectivity index (χ3v) is 7.06. The van der Waals surface area contributed by atoms with E-state index in [2.05, 4.69) is 10.4 Å². The number of nitrogens with one attached hydrogen (secondary N) is 1. The molecule has 0 aromatic carbocycles. The molecule has 4 rings (SSSR count). The first-order valence-corrected chi connectivity index (χ1v) is 11.0. The van der Waals surface area contributed by atoms with Crippen LogP contribution in [0.2, 0.25) is 0 Å². The van der Waals surface area contributed by atoms with Crippen LogP contribution in [0.4, 0.5) is 0 Å². The van der Waals surface area contributed by atoms with Crippen LogP contribution in [0.5, 0.6) is 0 Å². The Morgan fingerprint density at radius 2 is 2.08 bits per heavy atom. The molecule has 3 fully saturated rings. The lowest BCUT2D eigenvalue weighted by molar-refractivity contribution is -0.145. The summed E-state index contributed by atoms with van der Waals surface area (Å²) in [6, 6.07) is 1.67. The minimum Gasteiger partial charge on any atom is -0.350 e. The zero-order chi connectivity index (χ0) is 18.4.